The third-order valence-electron chi connectivity index (χ3n) is 4.75. The molecule has 1 heterocycles. The highest BCUT2D eigenvalue weighted by atomic mass is 16.4. The second kappa shape index (κ2) is 8.22. The minimum atomic E-state index is -0.903. The fourth-order valence-corrected chi connectivity index (χ4v) is 3.01. The minimum absolute atomic E-state index is 0.154. The van der Waals surface area contributed by atoms with Gasteiger partial charge in [0, 0.05) is 23.8 Å². The van der Waals surface area contributed by atoms with Crippen LogP contribution in [0.2, 0.25) is 0 Å². The summed E-state index contributed by atoms with van der Waals surface area (Å²) in [6.07, 6.45) is 6.26. The van der Waals surface area contributed by atoms with Crippen molar-refractivity contribution in [2.45, 2.75) is 32.7 Å². The fraction of sp³-hybridized carbons (Fsp3) is 0.200. The predicted molar refractivity (Wildman–Crippen MR) is 113 cm³/mol. The van der Waals surface area contributed by atoms with Crippen LogP contribution in [0.4, 0.5) is 0 Å². The zero-order valence-electron chi connectivity index (χ0n) is 16.6. The third kappa shape index (κ3) is 4.95. The first-order valence-electron chi connectivity index (χ1n) is 9.42. The van der Waals surface area contributed by atoms with Crippen molar-refractivity contribution in [3.8, 4) is 0 Å². The molecule has 0 spiro atoms. The Morgan fingerprint density at radius 3 is 2.21 bits per heavy atom. The molecular formula is C25H26NO2+. The topological polar surface area (TPSA) is 41.2 Å². The lowest BCUT2D eigenvalue weighted by Gasteiger charge is -2.18. The molecule has 0 aliphatic rings. The van der Waals surface area contributed by atoms with Crippen molar-refractivity contribution in [1.82, 2.24) is 0 Å². The van der Waals surface area contributed by atoms with E-state index in [2.05, 4.69) is 67.8 Å². The Kier molecular flexibility index (Phi) is 5.74. The molecule has 0 fully saturated rings. The van der Waals surface area contributed by atoms with Crippen molar-refractivity contribution in [1.29, 1.82) is 0 Å². The molecular weight excluding hydrogens is 346 g/mol. The Bertz CT molecular complexity index is 978. The Labute approximate surface area is 166 Å². The van der Waals surface area contributed by atoms with Crippen molar-refractivity contribution >= 4 is 18.1 Å². The van der Waals surface area contributed by atoms with E-state index in [0.717, 1.165) is 16.8 Å². The van der Waals surface area contributed by atoms with E-state index in [9.17, 15) is 4.79 Å². The number of carboxylic acid groups (broad SMARTS) is 1. The number of hydrogen-bond donors (Lipinski definition) is 1. The third-order valence-corrected chi connectivity index (χ3v) is 4.75. The maximum absolute atomic E-state index is 11.0. The summed E-state index contributed by atoms with van der Waals surface area (Å²) in [6.45, 7) is 7.33. The molecule has 0 atom stereocenters. The number of aromatic nitrogens is 1. The van der Waals surface area contributed by atoms with Gasteiger partial charge in [-0.1, -0.05) is 57.2 Å². The van der Waals surface area contributed by atoms with Crippen LogP contribution in [0.15, 0.2) is 72.9 Å². The van der Waals surface area contributed by atoms with Gasteiger partial charge in [-0.2, -0.15) is 4.57 Å². The molecule has 0 amide bonds. The van der Waals surface area contributed by atoms with Gasteiger partial charge in [0.1, 0.15) is 0 Å². The van der Waals surface area contributed by atoms with Crippen LogP contribution in [-0.4, -0.2) is 11.1 Å². The Morgan fingerprint density at radius 2 is 1.61 bits per heavy atom. The lowest BCUT2D eigenvalue weighted by Crippen LogP contribution is -2.36. The van der Waals surface area contributed by atoms with Crippen molar-refractivity contribution < 1.29 is 14.5 Å². The number of rotatable bonds is 5. The predicted octanol–water partition coefficient (Wildman–Crippen LogP) is 5.19. The molecule has 3 aromatic rings. The molecule has 0 radical (unpaired) electrons. The van der Waals surface area contributed by atoms with Gasteiger partial charge in [0.2, 0.25) is 5.69 Å². The van der Waals surface area contributed by atoms with E-state index in [4.69, 9.17) is 5.11 Å². The molecule has 0 aliphatic carbocycles. The summed E-state index contributed by atoms with van der Waals surface area (Å²) in [4.78, 5) is 11.0. The van der Waals surface area contributed by atoms with Crippen LogP contribution in [0, 0.1) is 0 Å². The molecule has 2 aromatic carbocycles. The number of hydrogen-bond acceptors (Lipinski definition) is 1. The number of pyridine rings is 1. The first-order chi connectivity index (χ1) is 13.3. The van der Waals surface area contributed by atoms with Gasteiger partial charge in [-0.15, -0.1) is 0 Å². The molecule has 0 bridgehead atoms. The summed E-state index contributed by atoms with van der Waals surface area (Å²) in [7, 11) is 0. The molecule has 28 heavy (non-hydrogen) atoms. The Balaban J connectivity index is 1.78. The standard InChI is InChI=1S/C25H25NO2/c1-25(2,3)22-14-9-19(10-15-22)11-16-23-6-4-5-17-26(23)18-20-7-12-21(13-8-20)24(27)28/h4-17H,18H2,1-3H3/p+1/b16-11+. The largest absolute Gasteiger partial charge is 0.478 e. The minimum Gasteiger partial charge on any atom is -0.478 e. The van der Waals surface area contributed by atoms with Gasteiger partial charge in [-0.25, -0.2) is 4.79 Å². The molecule has 0 saturated heterocycles. The van der Waals surface area contributed by atoms with Crippen molar-refractivity contribution in [3.63, 3.8) is 0 Å². The molecule has 3 rings (SSSR count). The number of carbonyl (C=O) groups is 1. The molecule has 3 heteroatoms. The van der Waals surface area contributed by atoms with Crippen LogP contribution >= 0.6 is 0 Å². The van der Waals surface area contributed by atoms with Crippen molar-refractivity contribution in [2.75, 3.05) is 0 Å². The molecule has 3 nitrogen and oxygen atoms in total. The number of nitrogens with zero attached hydrogens (tertiary/aromatic N) is 1. The van der Waals surface area contributed by atoms with Gasteiger partial charge >= 0.3 is 5.97 Å². The molecule has 0 aliphatic heterocycles. The molecule has 1 N–H and O–H groups in total. The summed E-state index contributed by atoms with van der Waals surface area (Å²) in [6, 6.07) is 21.8. The van der Waals surface area contributed by atoms with Crippen molar-refractivity contribution in [3.05, 3.63) is 101 Å². The summed E-state index contributed by atoms with van der Waals surface area (Å²) < 4.78 is 2.15. The summed E-state index contributed by atoms with van der Waals surface area (Å²) in [5.74, 6) is -0.903. The fourth-order valence-electron chi connectivity index (χ4n) is 3.01. The van der Waals surface area contributed by atoms with Gasteiger partial charge in [0.25, 0.3) is 0 Å². The van der Waals surface area contributed by atoms with Crippen LogP contribution < -0.4 is 4.57 Å². The number of aromatic carboxylic acids is 1. The first-order valence-corrected chi connectivity index (χ1v) is 9.42. The SMILES string of the molecule is CC(C)(C)c1ccc(/C=C/c2cccc[n+]2Cc2ccc(C(=O)O)cc2)cc1. The van der Waals surface area contributed by atoms with Crippen molar-refractivity contribution in [2.24, 2.45) is 0 Å². The van der Waals surface area contributed by atoms with Crippen LogP contribution in [0.5, 0.6) is 0 Å². The number of benzene rings is 2. The van der Waals surface area contributed by atoms with Crippen LogP contribution in [0.3, 0.4) is 0 Å². The van der Waals surface area contributed by atoms with Crippen LogP contribution in [0.25, 0.3) is 12.2 Å². The Morgan fingerprint density at radius 1 is 0.929 bits per heavy atom. The monoisotopic (exact) mass is 372 g/mol. The smallest absolute Gasteiger partial charge is 0.335 e. The second-order valence-electron chi connectivity index (χ2n) is 7.96. The maximum atomic E-state index is 11.0. The van der Waals surface area contributed by atoms with Crippen LogP contribution in [-0.2, 0) is 12.0 Å². The molecule has 0 saturated carbocycles. The first kappa shape index (κ1) is 19.6. The zero-order valence-corrected chi connectivity index (χ0v) is 16.6. The summed E-state index contributed by atoms with van der Waals surface area (Å²) >= 11 is 0. The average molecular weight is 372 g/mol. The molecule has 142 valence electrons. The van der Waals surface area contributed by atoms with E-state index < -0.39 is 5.97 Å². The summed E-state index contributed by atoms with van der Waals surface area (Å²) in [5, 5.41) is 9.03. The van der Waals surface area contributed by atoms with Gasteiger partial charge in [-0.05, 0) is 40.8 Å². The van der Waals surface area contributed by atoms with E-state index in [1.165, 1.54) is 5.56 Å². The zero-order chi connectivity index (χ0) is 20.1. The van der Waals surface area contributed by atoms with E-state index >= 15 is 0 Å². The van der Waals surface area contributed by atoms with Gasteiger partial charge in [-0.3, -0.25) is 0 Å². The van der Waals surface area contributed by atoms with Crippen LogP contribution in [0.1, 0.15) is 53.5 Å². The lowest BCUT2D eigenvalue weighted by atomic mass is 9.87. The van der Waals surface area contributed by atoms with E-state index in [1.54, 1.807) is 12.1 Å². The van der Waals surface area contributed by atoms with Gasteiger partial charge in [0.15, 0.2) is 12.7 Å². The highest BCUT2D eigenvalue weighted by molar-refractivity contribution is 5.87. The Hall–Kier alpha value is -3.20. The summed E-state index contributed by atoms with van der Waals surface area (Å²) in [5.41, 5.74) is 5.09. The molecule has 0 unspecified atom stereocenters. The average Bonchev–Trinajstić information content (AvgIpc) is 2.67. The second-order valence-corrected chi connectivity index (χ2v) is 7.96. The molecule has 1 aromatic heterocycles. The lowest BCUT2D eigenvalue weighted by molar-refractivity contribution is -0.690. The highest BCUT2D eigenvalue weighted by Crippen LogP contribution is 2.22. The van der Waals surface area contributed by atoms with Gasteiger partial charge in [0.05, 0.1) is 5.56 Å². The quantitative estimate of drug-likeness (QED) is 0.626. The highest BCUT2D eigenvalue weighted by Gasteiger charge is 2.13. The van der Waals surface area contributed by atoms with Gasteiger partial charge < -0.3 is 5.11 Å². The number of carboxylic acids is 1. The van der Waals surface area contributed by atoms with E-state index in [1.807, 2.05) is 30.5 Å². The van der Waals surface area contributed by atoms with E-state index in [0.29, 0.717) is 12.1 Å². The maximum Gasteiger partial charge on any atom is 0.335 e. The normalized spacial score (nSPS) is 11.7. The van der Waals surface area contributed by atoms with E-state index in [-0.39, 0.29) is 5.41 Å².